The maximum Gasteiger partial charge on any atom is 0.280 e. The lowest BCUT2D eigenvalue weighted by molar-refractivity contribution is -0.0759. The van der Waals surface area contributed by atoms with Crippen LogP contribution in [0.1, 0.15) is 16.5 Å². The average Bonchev–Trinajstić information content (AvgIpc) is 2.63. The third-order valence-corrected chi connectivity index (χ3v) is 4.03. The van der Waals surface area contributed by atoms with Crippen molar-refractivity contribution in [2.75, 3.05) is 26.5 Å². The first-order valence-corrected chi connectivity index (χ1v) is 7.94. The fourth-order valence-electron chi connectivity index (χ4n) is 1.85. The molecule has 1 aromatic heterocycles. The Kier molecular flexibility index (Phi) is 3.84. The number of hydrogen-bond acceptors (Lipinski definition) is 6. The van der Waals surface area contributed by atoms with Crippen molar-refractivity contribution in [3.05, 3.63) is 21.9 Å². The molecule has 0 aliphatic carbocycles. The molecule has 0 saturated heterocycles. The van der Waals surface area contributed by atoms with Gasteiger partial charge in [-0.2, -0.15) is 17.8 Å². The summed E-state index contributed by atoms with van der Waals surface area (Å²) in [5.74, 6) is 0. The van der Waals surface area contributed by atoms with Gasteiger partial charge < -0.3 is 4.74 Å². The van der Waals surface area contributed by atoms with Gasteiger partial charge in [-0.3, -0.25) is 0 Å². The molecule has 0 spiro atoms. The van der Waals surface area contributed by atoms with Crippen molar-refractivity contribution >= 4 is 21.5 Å². The Morgan fingerprint density at radius 1 is 1.65 bits per heavy atom. The van der Waals surface area contributed by atoms with Gasteiger partial charge in [0.05, 0.1) is 19.4 Å². The van der Waals surface area contributed by atoms with Crippen LogP contribution in [0.25, 0.3) is 0 Å². The van der Waals surface area contributed by atoms with Crippen LogP contribution >= 0.6 is 11.3 Å². The van der Waals surface area contributed by atoms with E-state index in [1.807, 2.05) is 5.38 Å². The molecule has 0 amide bonds. The molecule has 7 heteroatoms. The first-order chi connectivity index (χ1) is 7.96. The van der Waals surface area contributed by atoms with Crippen LogP contribution in [0.15, 0.2) is 11.4 Å². The molecule has 0 unspecified atom stereocenters. The molecule has 0 fully saturated rings. The fraction of sp³-hybridized carbons (Fsp3) is 0.600. The second-order valence-corrected chi connectivity index (χ2v) is 6.51. The minimum absolute atomic E-state index is 0.106. The van der Waals surface area contributed by atoms with Gasteiger partial charge in [-0.1, -0.05) is 0 Å². The van der Waals surface area contributed by atoms with Gasteiger partial charge in [-0.15, -0.1) is 11.3 Å². The van der Waals surface area contributed by atoms with E-state index in [0.717, 1.165) is 12.7 Å². The number of likely N-dealkylation sites (N-methyl/N-ethyl adjacent to an activating group) is 1. The molecular formula is C10H15NO4S2. The van der Waals surface area contributed by atoms with Crippen LogP contribution < -0.4 is 0 Å². The smallest absolute Gasteiger partial charge is 0.280 e. The van der Waals surface area contributed by atoms with E-state index >= 15 is 0 Å². The van der Waals surface area contributed by atoms with Gasteiger partial charge in [0.15, 0.2) is 0 Å². The molecule has 0 N–H and O–H groups in total. The highest BCUT2D eigenvalue weighted by Crippen LogP contribution is 2.32. The zero-order valence-electron chi connectivity index (χ0n) is 9.75. The van der Waals surface area contributed by atoms with E-state index in [0.29, 0.717) is 13.2 Å². The van der Waals surface area contributed by atoms with E-state index in [1.54, 1.807) is 18.4 Å². The zero-order valence-corrected chi connectivity index (χ0v) is 11.4. The summed E-state index contributed by atoms with van der Waals surface area (Å²) in [6, 6.07) is 2.09. The molecule has 5 nitrogen and oxygen atoms in total. The minimum atomic E-state index is -3.46. The van der Waals surface area contributed by atoms with E-state index < -0.39 is 10.1 Å². The van der Waals surface area contributed by atoms with Gasteiger partial charge in [0.2, 0.25) is 0 Å². The summed E-state index contributed by atoms with van der Waals surface area (Å²) >= 11 is 1.64. The van der Waals surface area contributed by atoms with Gasteiger partial charge in [-0.05, 0) is 23.4 Å². The topological polar surface area (TPSA) is 55.8 Å². The van der Waals surface area contributed by atoms with Crippen LogP contribution in [0.5, 0.6) is 0 Å². The summed E-state index contributed by atoms with van der Waals surface area (Å²) in [6.45, 7) is 1.07. The maximum absolute atomic E-state index is 11.0. The summed E-state index contributed by atoms with van der Waals surface area (Å²) in [7, 11) is -1.87. The van der Waals surface area contributed by atoms with E-state index in [-0.39, 0.29) is 6.10 Å². The molecule has 96 valence electrons. The van der Waals surface area contributed by atoms with Crippen molar-refractivity contribution < 1.29 is 17.4 Å². The molecule has 0 bridgehead atoms. The lowest BCUT2D eigenvalue weighted by Crippen LogP contribution is -2.30. The molecule has 2 heterocycles. The highest BCUT2D eigenvalue weighted by Gasteiger charge is 2.24. The monoisotopic (exact) mass is 277 g/mol. The van der Waals surface area contributed by atoms with Gasteiger partial charge in [0.1, 0.15) is 6.10 Å². The first-order valence-electron chi connectivity index (χ1n) is 5.24. The molecule has 0 saturated carbocycles. The van der Waals surface area contributed by atoms with Gasteiger partial charge in [-0.25, -0.2) is 0 Å². The second kappa shape index (κ2) is 5.03. The first kappa shape index (κ1) is 13.0. The van der Waals surface area contributed by atoms with Crippen LogP contribution in [-0.4, -0.2) is 39.9 Å². The summed E-state index contributed by atoms with van der Waals surface area (Å²) in [6.07, 6.45) is 1.85. The Balaban J connectivity index is 2.02. The quantitative estimate of drug-likeness (QED) is 0.774. The van der Waals surface area contributed by atoms with Crippen LogP contribution in [0.4, 0.5) is 0 Å². The lowest BCUT2D eigenvalue weighted by Gasteiger charge is -2.26. The Labute approximate surface area is 105 Å². The number of rotatable bonds is 4. The molecule has 17 heavy (non-hydrogen) atoms. The average molecular weight is 277 g/mol. The largest absolute Gasteiger partial charge is 0.371 e. The number of thiophene rings is 1. The van der Waals surface area contributed by atoms with E-state index in [1.165, 1.54) is 15.5 Å². The third kappa shape index (κ3) is 3.49. The molecule has 1 aliphatic heterocycles. The summed E-state index contributed by atoms with van der Waals surface area (Å²) in [5, 5.41) is 3.33. The van der Waals surface area contributed by atoms with Crippen LogP contribution in [0.3, 0.4) is 0 Å². The van der Waals surface area contributed by atoms with Crippen molar-refractivity contribution in [3.63, 3.8) is 0 Å². The number of fused-ring (bicyclic) bond motifs is 1. The summed E-state index contributed by atoms with van der Waals surface area (Å²) in [4.78, 5) is 1.17. The number of nitrogens with zero attached hydrogens (tertiary/aromatic N) is 1. The van der Waals surface area contributed by atoms with Crippen molar-refractivity contribution in [2.45, 2.75) is 12.5 Å². The normalized spacial score (nSPS) is 20.5. The molecular weight excluding hydrogens is 262 g/mol. The number of hydroxylamine groups is 2. The highest BCUT2D eigenvalue weighted by molar-refractivity contribution is 7.85. The number of ether oxygens (including phenoxy) is 1. The molecule has 1 aliphatic rings. The lowest BCUT2D eigenvalue weighted by atomic mass is 10.1. The molecule has 1 atom stereocenters. The van der Waals surface area contributed by atoms with Crippen molar-refractivity contribution in [3.8, 4) is 0 Å². The van der Waals surface area contributed by atoms with Crippen molar-refractivity contribution in [1.82, 2.24) is 5.06 Å². The molecule has 0 aromatic carbocycles. The van der Waals surface area contributed by atoms with Crippen LogP contribution in [0.2, 0.25) is 0 Å². The van der Waals surface area contributed by atoms with Crippen LogP contribution in [0, 0.1) is 0 Å². The summed E-state index contributed by atoms with van der Waals surface area (Å²) < 4.78 is 32.4. The fourth-order valence-corrected chi connectivity index (χ4v) is 3.37. The van der Waals surface area contributed by atoms with E-state index in [9.17, 15) is 8.42 Å². The predicted octanol–water partition coefficient (Wildman–Crippen LogP) is 1.18. The minimum Gasteiger partial charge on any atom is -0.371 e. The van der Waals surface area contributed by atoms with Gasteiger partial charge in [0.25, 0.3) is 10.1 Å². The van der Waals surface area contributed by atoms with E-state index in [4.69, 9.17) is 9.02 Å². The molecule has 2 rings (SSSR count). The zero-order chi connectivity index (χ0) is 12.5. The maximum atomic E-state index is 11.0. The third-order valence-electron chi connectivity index (χ3n) is 2.45. The second-order valence-electron chi connectivity index (χ2n) is 4.01. The van der Waals surface area contributed by atoms with Crippen molar-refractivity contribution in [2.24, 2.45) is 0 Å². The predicted molar refractivity (Wildman–Crippen MR) is 65.3 cm³/mol. The Morgan fingerprint density at radius 2 is 2.41 bits per heavy atom. The number of hydrogen-bond donors (Lipinski definition) is 0. The Morgan fingerprint density at radius 3 is 3.12 bits per heavy atom. The molecule has 1 aromatic rings. The summed E-state index contributed by atoms with van der Waals surface area (Å²) in [5.41, 5.74) is 1.29. The standard InChI is InChI=1S/C10H15NO4S2/c1-11(15-17(2,12)13)7-9-10-8(3-5-14-9)4-6-16-10/h4,6,9H,3,5,7H2,1-2H3/t9-/m0/s1. The van der Waals surface area contributed by atoms with Gasteiger partial charge in [0, 0.05) is 11.9 Å². The Bertz CT molecular complexity index is 482. The Hall–Kier alpha value is -0.470. The van der Waals surface area contributed by atoms with E-state index in [2.05, 4.69) is 6.07 Å². The van der Waals surface area contributed by atoms with Gasteiger partial charge >= 0.3 is 0 Å². The van der Waals surface area contributed by atoms with Crippen LogP contribution in [-0.2, 0) is 25.6 Å². The molecule has 0 radical (unpaired) electrons. The van der Waals surface area contributed by atoms with Crippen molar-refractivity contribution in [1.29, 1.82) is 0 Å². The SMILES string of the molecule is CN(C[C@@H]1OCCc2ccsc21)OS(C)(=O)=O. The highest BCUT2D eigenvalue weighted by atomic mass is 32.2.